The maximum Gasteiger partial charge on any atom is 0.412 e. The molecule has 0 fully saturated rings. The van der Waals surface area contributed by atoms with Crippen LogP contribution in [-0.4, -0.2) is 12.8 Å². The quantitative estimate of drug-likeness (QED) is 0.284. The Morgan fingerprint density at radius 1 is 1.50 bits per heavy atom. The number of alkyl halides is 3. The van der Waals surface area contributed by atoms with Gasteiger partial charge in [-0.3, -0.25) is 0 Å². The zero-order chi connectivity index (χ0) is 8.04. The fourth-order valence-corrected chi connectivity index (χ4v) is 0.459. The molecule has 0 saturated heterocycles. The molecule has 0 heterocycles. The molecular weight excluding hydrogens is 174 g/mol. The Morgan fingerprint density at radius 2 is 2.10 bits per heavy atom. The molecule has 8 heteroatoms. The van der Waals surface area contributed by atoms with E-state index in [0.29, 0.717) is 0 Å². The molecule has 4 nitrogen and oxygen atoms in total. The zero-order valence-corrected chi connectivity index (χ0v) is 5.51. The van der Waals surface area contributed by atoms with Crippen molar-refractivity contribution in [2.45, 2.75) is 6.18 Å². The molecule has 60 valence electrons. The van der Waals surface area contributed by atoms with Crippen LogP contribution in [0, 0.1) is 4.91 Å². The van der Waals surface area contributed by atoms with Gasteiger partial charge in [0.25, 0.3) is 9.03 Å². The van der Waals surface area contributed by atoms with Crippen molar-refractivity contribution in [2.24, 2.45) is 5.34 Å². The summed E-state index contributed by atoms with van der Waals surface area (Å²) in [6.07, 6.45) is -4.39. The Balaban J connectivity index is 3.12. The first-order chi connectivity index (χ1) is 4.56. The number of hydrogen-bond donors (Lipinski definition) is 0. The lowest BCUT2D eigenvalue weighted by atomic mass is 10.7. The van der Waals surface area contributed by atoms with Crippen LogP contribution >= 0.6 is 9.03 Å². The van der Waals surface area contributed by atoms with E-state index in [4.69, 9.17) is 4.91 Å². The fraction of sp³-hybridized carbons (Fsp3) is 1.00. The second kappa shape index (κ2) is 4.40. The molecule has 1 unspecified atom stereocenters. The van der Waals surface area contributed by atoms with Crippen molar-refractivity contribution in [1.29, 1.82) is 0 Å². The van der Waals surface area contributed by atoms with Gasteiger partial charge in [-0.1, -0.05) is 0 Å². The molecule has 0 radical (unpaired) electrons. The minimum absolute atomic E-state index is 0.993. The van der Waals surface area contributed by atoms with Crippen LogP contribution in [0.5, 0.6) is 0 Å². The van der Waals surface area contributed by atoms with Crippen molar-refractivity contribution in [3.05, 3.63) is 4.91 Å². The third-order valence-electron chi connectivity index (χ3n) is 0.369. The molecule has 0 N–H and O–H groups in total. The summed E-state index contributed by atoms with van der Waals surface area (Å²) in [5.74, 6) is 0. The Morgan fingerprint density at radius 3 is 2.50 bits per heavy atom. The van der Waals surface area contributed by atoms with E-state index in [1.54, 1.807) is 0 Å². The van der Waals surface area contributed by atoms with Crippen LogP contribution < -0.4 is 0 Å². The normalized spacial score (nSPS) is 12.3. The highest BCUT2D eigenvalue weighted by Gasteiger charge is 2.27. The summed E-state index contributed by atoms with van der Waals surface area (Å²) in [6.45, 7) is -1.43. The van der Waals surface area contributed by atoms with E-state index < -0.39 is 21.8 Å². The monoisotopic (exact) mass is 177 g/mol. The molecule has 1 atom stereocenters. The molecule has 0 aliphatic carbocycles. The van der Waals surface area contributed by atoms with Crippen LogP contribution in [0.3, 0.4) is 0 Å². The maximum atomic E-state index is 11.2. The highest BCUT2D eigenvalue weighted by atomic mass is 31.1. The average Bonchev–Trinajstić information content (AvgIpc) is 1.78. The topological polar surface area (TPSA) is 47.9 Å². The van der Waals surface area contributed by atoms with E-state index in [1.807, 2.05) is 5.34 Å². The number of nitrogens with zero attached hydrogens (tertiary/aromatic N) is 1. The summed E-state index contributed by atoms with van der Waals surface area (Å²) >= 11 is 0. The van der Waals surface area contributed by atoms with Crippen LogP contribution in [0.2, 0.25) is 0 Å². The lowest BCUT2D eigenvalue weighted by Gasteiger charge is -2.03. The lowest BCUT2D eigenvalue weighted by Crippen LogP contribution is -2.13. The van der Waals surface area contributed by atoms with Gasteiger partial charge in [0.15, 0.2) is 11.9 Å². The molecule has 0 aliphatic rings. The van der Waals surface area contributed by atoms with Gasteiger partial charge < -0.3 is 9.15 Å². The molecule has 0 spiro atoms. The summed E-state index contributed by atoms with van der Waals surface area (Å²) in [7, 11) is -0.993. The van der Waals surface area contributed by atoms with Crippen molar-refractivity contribution >= 4 is 9.03 Å². The number of halogens is 3. The second-order valence-electron chi connectivity index (χ2n) is 1.15. The third kappa shape index (κ3) is 7.58. The van der Waals surface area contributed by atoms with E-state index in [9.17, 15) is 13.2 Å². The summed E-state index contributed by atoms with van der Waals surface area (Å²) in [5, 5.41) is 1.83. The maximum absolute atomic E-state index is 11.2. The van der Waals surface area contributed by atoms with Gasteiger partial charge in [0.05, 0.1) is 0 Å². The van der Waals surface area contributed by atoms with E-state index >= 15 is 0 Å². The minimum Gasteiger partial charge on any atom is -0.317 e. The Hall–Kier alpha value is -0.420. The summed E-state index contributed by atoms with van der Waals surface area (Å²) < 4.78 is 41.0. The molecule has 0 saturated carbocycles. The largest absolute Gasteiger partial charge is 0.412 e. The SMILES string of the molecule is O=NOPOCC(F)(F)F. The highest BCUT2D eigenvalue weighted by Crippen LogP contribution is 2.21. The molecule has 0 bridgehead atoms. The predicted octanol–water partition coefficient (Wildman–Crippen LogP) is 1.77. The fourth-order valence-electron chi connectivity index (χ4n) is 0.153. The minimum atomic E-state index is -4.39. The smallest absolute Gasteiger partial charge is 0.317 e. The molecule has 0 aromatic carbocycles. The van der Waals surface area contributed by atoms with Crippen molar-refractivity contribution in [1.82, 2.24) is 0 Å². The van der Waals surface area contributed by atoms with Gasteiger partial charge in [-0.15, -0.1) is 4.91 Å². The molecule has 10 heavy (non-hydrogen) atoms. The van der Waals surface area contributed by atoms with Gasteiger partial charge in [0.1, 0.15) is 0 Å². The molecule has 0 aromatic rings. The van der Waals surface area contributed by atoms with Crippen molar-refractivity contribution in [2.75, 3.05) is 6.61 Å². The van der Waals surface area contributed by atoms with Gasteiger partial charge in [-0.05, 0) is 0 Å². The Kier molecular flexibility index (Phi) is 4.22. The van der Waals surface area contributed by atoms with Gasteiger partial charge in [-0.25, -0.2) is 0 Å². The summed E-state index contributed by atoms with van der Waals surface area (Å²) in [5.41, 5.74) is 0. The van der Waals surface area contributed by atoms with Gasteiger partial charge in [0, 0.05) is 0 Å². The van der Waals surface area contributed by atoms with E-state index in [0.717, 1.165) is 0 Å². The first kappa shape index (κ1) is 9.58. The molecule has 0 aromatic heterocycles. The third-order valence-corrected chi connectivity index (χ3v) is 0.781. The van der Waals surface area contributed by atoms with Crippen molar-refractivity contribution in [3.63, 3.8) is 0 Å². The van der Waals surface area contributed by atoms with Crippen LogP contribution in [0.1, 0.15) is 0 Å². The zero-order valence-electron chi connectivity index (χ0n) is 4.51. The summed E-state index contributed by atoms with van der Waals surface area (Å²) in [4.78, 5) is 9.10. The van der Waals surface area contributed by atoms with E-state index in [1.165, 1.54) is 0 Å². The summed E-state index contributed by atoms with van der Waals surface area (Å²) in [6, 6.07) is 0. The van der Waals surface area contributed by atoms with Crippen LogP contribution in [0.25, 0.3) is 0 Å². The predicted molar refractivity (Wildman–Crippen MR) is 27.2 cm³/mol. The molecule has 0 amide bonds. The lowest BCUT2D eigenvalue weighted by molar-refractivity contribution is -0.152. The second-order valence-corrected chi connectivity index (χ2v) is 1.79. The van der Waals surface area contributed by atoms with Crippen LogP contribution in [0.15, 0.2) is 5.34 Å². The van der Waals surface area contributed by atoms with Gasteiger partial charge in [-0.2, -0.15) is 13.2 Å². The standard InChI is InChI=1S/C2H3F3NO3P/c3-2(4,5)1-8-10-9-6-7/h10H,1H2. The van der Waals surface area contributed by atoms with Crippen LogP contribution in [-0.2, 0) is 9.15 Å². The molecular formula is C2H3F3NO3P. The first-order valence-electron chi connectivity index (χ1n) is 1.98. The number of rotatable bonds is 4. The molecule has 0 aliphatic heterocycles. The van der Waals surface area contributed by atoms with Crippen LogP contribution in [0.4, 0.5) is 13.2 Å². The highest BCUT2D eigenvalue weighted by molar-refractivity contribution is 7.26. The Bertz CT molecular complexity index is 106. The van der Waals surface area contributed by atoms with E-state index in [-0.39, 0.29) is 0 Å². The average molecular weight is 177 g/mol. The molecule has 0 rings (SSSR count). The van der Waals surface area contributed by atoms with E-state index in [2.05, 4.69) is 9.15 Å². The first-order valence-corrected chi connectivity index (χ1v) is 2.80. The van der Waals surface area contributed by atoms with Gasteiger partial charge in [0.2, 0.25) is 0 Å². The number of hydrogen-bond acceptors (Lipinski definition) is 4. The van der Waals surface area contributed by atoms with Crippen molar-refractivity contribution < 1.29 is 22.3 Å². The van der Waals surface area contributed by atoms with Gasteiger partial charge >= 0.3 is 6.18 Å². The Labute approximate surface area is 55.6 Å². The van der Waals surface area contributed by atoms with Crippen molar-refractivity contribution in [3.8, 4) is 0 Å².